The van der Waals surface area contributed by atoms with Crippen molar-refractivity contribution in [1.29, 1.82) is 0 Å². The van der Waals surface area contributed by atoms with Crippen LogP contribution in [0, 0.1) is 5.92 Å². The highest BCUT2D eigenvalue weighted by Crippen LogP contribution is 2.22. The number of rotatable bonds is 3. The number of carbonyl (C=O) groups excluding carboxylic acids is 1. The van der Waals surface area contributed by atoms with Gasteiger partial charge in [0.2, 0.25) is 5.95 Å². The van der Waals surface area contributed by atoms with E-state index in [1.807, 2.05) is 0 Å². The summed E-state index contributed by atoms with van der Waals surface area (Å²) >= 11 is 0. The maximum Gasteiger partial charge on any atom is 0.225 e. The fraction of sp³-hybridized carbons (Fsp3) is 0.500. The Labute approximate surface area is 83.0 Å². The second-order valence-corrected chi connectivity index (χ2v) is 3.61. The SMILES string of the molecule is CCC1CN(c2ncc(C=O)cn2)C1. The van der Waals surface area contributed by atoms with Gasteiger partial charge in [-0.3, -0.25) is 4.79 Å². The van der Waals surface area contributed by atoms with Crippen molar-refractivity contribution in [2.24, 2.45) is 5.92 Å². The first-order valence-electron chi connectivity index (χ1n) is 4.85. The van der Waals surface area contributed by atoms with Crippen LogP contribution < -0.4 is 4.90 Å². The molecule has 0 aromatic carbocycles. The Morgan fingerprint density at radius 2 is 2.14 bits per heavy atom. The van der Waals surface area contributed by atoms with Crippen LogP contribution in [-0.4, -0.2) is 29.3 Å². The molecule has 0 unspecified atom stereocenters. The average Bonchev–Trinajstić information content (AvgIpc) is 2.17. The Balaban J connectivity index is 2.01. The number of hydrogen-bond donors (Lipinski definition) is 0. The van der Waals surface area contributed by atoms with E-state index >= 15 is 0 Å². The topological polar surface area (TPSA) is 46.1 Å². The fourth-order valence-corrected chi connectivity index (χ4v) is 1.55. The monoisotopic (exact) mass is 191 g/mol. The largest absolute Gasteiger partial charge is 0.340 e. The van der Waals surface area contributed by atoms with Gasteiger partial charge in [-0.1, -0.05) is 6.92 Å². The van der Waals surface area contributed by atoms with Crippen LogP contribution in [0.4, 0.5) is 5.95 Å². The van der Waals surface area contributed by atoms with Crippen molar-refractivity contribution in [3.05, 3.63) is 18.0 Å². The van der Waals surface area contributed by atoms with Gasteiger partial charge >= 0.3 is 0 Å². The van der Waals surface area contributed by atoms with E-state index in [4.69, 9.17) is 0 Å². The normalized spacial score (nSPS) is 16.5. The van der Waals surface area contributed by atoms with Crippen molar-refractivity contribution in [1.82, 2.24) is 9.97 Å². The lowest BCUT2D eigenvalue weighted by Gasteiger charge is -2.38. The highest BCUT2D eigenvalue weighted by molar-refractivity contribution is 5.73. The summed E-state index contributed by atoms with van der Waals surface area (Å²) in [6.07, 6.45) is 5.10. The third-order valence-corrected chi connectivity index (χ3v) is 2.61. The molecular weight excluding hydrogens is 178 g/mol. The molecule has 0 amide bonds. The first kappa shape index (κ1) is 9.12. The Bertz CT molecular complexity index is 317. The number of hydrogen-bond acceptors (Lipinski definition) is 4. The van der Waals surface area contributed by atoms with Gasteiger partial charge in [-0.15, -0.1) is 0 Å². The molecule has 1 aliphatic heterocycles. The Hall–Kier alpha value is -1.45. The lowest BCUT2D eigenvalue weighted by molar-refractivity contribution is 0.112. The molecule has 0 aliphatic carbocycles. The third-order valence-electron chi connectivity index (χ3n) is 2.61. The van der Waals surface area contributed by atoms with Crippen molar-refractivity contribution < 1.29 is 4.79 Å². The molecule has 0 spiro atoms. The number of aromatic nitrogens is 2. The molecule has 1 aromatic rings. The van der Waals surface area contributed by atoms with E-state index < -0.39 is 0 Å². The Morgan fingerprint density at radius 3 is 2.64 bits per heavy atom. The van der Waals surface area contributed by atoms with Gasteiger partial charge in [-0.05, 0) is 12.3 Å². The smallest absolute Gasteiger partial charge is 0.225 e. The van der Waals surface area contributed by atoms with Gasteiger partial charge in [-0.2, -0.15) is 0 Å². The standard InChI is InChI=1S/C10H13N3O/c1-2-8-5-13(6-8)10-11-3-9(7-14)4-12-10/h3-4,7-8H,2,5-6H2,1H3. The lowest BCUT2D eigenvalue weighted by Crippen LogP contribution is -2.47. The summed E-state index contributed by atoms with van der Waals surface area (Å²) in [7, 11) is 0. The van der Waals surface area contributed by atoms with E-state index in [0.29, 0.717) is 5.56 Å². The molecule has 4 heteroatoms. The van der Waals surface area contributed by atoms with E-state index in [-0.39, 0.29) is 0 Å². The lowest BCUT2D eigenvalue weighted by atomic mass is 9.98. The molecule has 14 heavy (non-hydrogen) atoms. The Kier molecular flexibility index (Phi) is 2.43. The van der Waals surface area contributed by atoms with Gasteiger partial charge in [-0.25, -0.2) is 9.97 Å². The predicted molar refractivity (Wildman–Crippen MR) is 53.4 cm³/mol. The minimum absolute atomic E-state index is 0.529. The molecule has 2 heterocycles. The van der Waals surface area contributed by atoms with E-state index in [1.54, 1.807) is 12.4 Å². The third kappa shape index (κ3) is 1.60. The summed E-state index contributed by atoms with van der Waals surface area (Å²) in [5.41, 5.74) is 0.529. The van der Waals surface area contributed by atoms with E-state index in [0.717, 1.165) is 31.2 Å². The Morgan fingerprint density at radius 1 is 1.50 bits per heavy atom. The second-order valence-electron chi connectivity index (χ2n) is 3.61. The van der Waals surface area contributed by atoms with Gasteiger partial charge in [0.25, 0.3) is 0 Å². The number of anilines is 1. The fourth-order valence-electron chi connectivity index (χ4n) is 1.55. The van der Waals surface area contributed by atoms with Crippen LogP contribution in [0.15, 0.2) is 12.4 Å². The van der Waals surface area contributed by atoms with E-state index in [9.17, 15) is 4.79 Å². The average molecular weight is 191 g/mol. The molecule has 1 aromatic heterocycles. The van der Waals surface area contributed by atoms with Crippen molar-refractivity contribution in [2.45, 2.75) is 13.3 Å². The molecule has 74 valence electrons. The summed E-state index contributed by atoms with van der Waals surface area (Å²) in [5, 5.41) is 0. The molecule has 4 nitrogen and oxygen atoms in total. The maximum absolute atomic E-state index is 10.4. The molecular formula is C10H13N3O. The van der Waals surface area contributed by atoms with Crippen molar-refractivity contribution >= 4 is 12.2 Å². The minimum Gasteiger partial charge on any atom is -0.340 e. The van der Waals surface area contributed by atoms with E-state index in [2.05, 4.69) is 21.8 Å². The van der Waals surface area contributed by atoms with Crippen LogP contribution >= 0.6 is 0 Å². The van der Waals surface area contributed by atoms with Gasteiger partial charge in [0, 0.05) is 25.5 Å². The minimum atomic E-state index is 0.529. The number of carbonyl (C=O) groups is 1. The number of nitrogens with zero attached hydrogens (tertiary/aromatic N) is 3. The molecule has 1 aliphatic rings. The molecule has 2 rings (SSSR count). The predicted octanol–water partition coefficient (Wildman–Crippen LogP) is 1.14. The molecule has 0 atom stereocenters. The van der Waals surface area contributed by atoms with Crippen molar-refractivity contribution in [2.75, 3.05) is 18.0 Å². The first-order chi connectivity index (χ1) is 6.83. The summed E-state index contributed by atoms with van der Waals surface area (Å²) < 4.78 is 0. The van der Waals surface area contributed by atoms with Gasteiger partial charge in [0.05, 0.1) is 5.56 Å². The van der Waals surface area contributed by atoms with Crippen molar-refractivity contribution in [3.63, 3.8) is 0 Å². The molecule has 1 saturated heterocycles. The quantitative estimate of drug-likeness (QED) is 0.672. The summed E-state index contributed by atoms with van der Waals surface area (Å²) in [4.78, 5) is 20.8. The maximum atomic E-state index is 10.4. The summed E-state index contributed by atoms with van der Waals surface area (Å²) in [5.74, 6) is 1.52. The second kappa shape index (κ2) is 3.74. The van der Waals surface area contributed by atoms with Gasteiger partial charge in [0.15, 0.2) is 6.29 Å². The van der Waals surface area contributed by atoms with Gasteiger partial charge in [0.1, 0.15) is 0 Å². The van der Waals surface area contributed by atoms with E-state index in [1.165, 1.54) is 6.42 Å². The zero-order valence-corrected chi connectivity index (χ0v) is 8.18. The van der Waals surface area contributed by atoms with Crippen LogP contribution in [0.3, 0.4) is 0 Å². The highest BCUT2D eigenvalue weighted by Gasteiger charge is 2.26. The summed E-state index contributed by atoms with van der Waals surface area (Å²) in [6, 6.07) is 0. The molecule has 0 radical (unpaired) electrons. The van der Waals surface area contributed by atoms with Crippen molar-refractivity contribution in [3.8, 4) is 0 Å². The van der Waals surface area contributed by atoms with Crippen LogP contribution in [-0.2, 0) is 0 Å². The first-order valence-corrected chi connectivity index (χ1v) is 4.85. The molecule has 0 bridgehead atoms. The van der Waals surface area contributed by atoms with Gasteiger partial charge < -0.3 is 4.90 Å². The molecule has 0 saturated carbocycles. The van der Waals surface area contributed by atoms with Crippen LogP contribution in [0.1, 0.15) is 23.7 Å². The van der Waals surface area contributed by atoms with Crippen LogP contribution in [0.2, 0.25) is 0 Å². The zero-order valence-electron chi connectivity index (χ0n) is 8.18. The molecule has 1 fully saturated rings. The molecule has 0 N–H and O–H groups in total. The summed E-state index contributed by atoms with van der Waals surface area (Å²) in [6.45, 7) is 4.27. The number of aldehydes is 1. The van der Waals surface area contributed by atoms with Crippen LogP contribution in [0.5, 0.6) is 0 Å². The van der Waals surface area contributed by atoms with Crippen LogP contribution in [0.25, 0.3) is 0 Å². The zero-order chi connectivity index (χ0) is 9.97. The highest BCUT2D eigenvalue weighted by atomic mass is 16.1.